The van der Waals surface area contributed by atoms with E-state index in [1.807, 2.05) is 12.1 Å². The number of carbonyl (C=O) groups is 1. The van der Waals surface area contributed by atoms with Crippen LogP contribution < -0.4 is 0 Å². The van der Waals surface area contributed by atoms with Crippen LogP contribution in [-0.4, -0.2) is 11.1 Å². The molecule has 0 unspecified atom stereocenters. The summed E-state index contributed by atoms with van der Waals surface area (Å²) in [5, 5.41) is 12.0. The molecule has 0 bridgehead atoms. The van der Waals surface area contributed by atoms with E-state index in [0.29, 0.717) is 16.9 Å². The third-order valence-electron chi connectivity index (χ3n) is 7.02. The Kier molecular flexibility index (Phi) is 3.74. The fourth-order valence-corrected chi connectivity index (χ4v) is 5.55. The number of benzene rings is 3. The van der Waals surface area contributed by atoms with Crippen LogP contribution in [0.4, 0.5) is 0 Å². The Bertz CT molecular complexity index is 1140. The molecule has 2 aliphatic rings. The Balaban J connectivity index is 1.66. The molecule has 3 aromatic rings. The molecule has 0 amide bonds. The number of hydrogen-bond acceptors (Lipinski definition) is 1. The van der Waals surface area contributed by atoms with Gasteiger partial charge in [0.15, 0.2) is 0 Å². The summed E-state index contributed by atoms with van der Waals surface area (Å²) in [5.74, 6) is -0.409. The Labute approximate surface area is 165 Å². The van der Waals surface area contributed by atoms with Gasteiger partial charge in [0.1, 0.15) is 0 Å². The highest BCUT2D eigenvalue weighted by molar-refractivity contribution is 5.98. The van der Waals surface area contributed by atoms with Gasteiger partial charge in [-0.25, -0.2) is 4.79 Å². The van der Waals surface area contributed by atoms with Crippen LogP contribution in [0.3, 0.4) is 0 Å². The van der Waals surface area contributed by atoms with Gasteiger partial charge < -0.3 is 5.11 Å². The maximum absolute atomic E-state index is 11.6. The summed E-state index contributed by atoms with van der Waals surface area (Å²) in [6.07, 6.45) is 4.72. The number of carboxylic acids is 1. The molecule has 0 spiro atoms. The molecule has 28 heavy (non-hydrogen) atoms. The van der Waals surface area contributed by atoms with Crippen LogP contribution in [0.1, 0.15) is 53.6 Å². The van der Waals surface area contributed by atoms with Crippen LogP contribution in [0.5, 0.6) is 0 Å². The predicted molar refractivity (Wildman–Crippen MR) is 114 cm³/mol. The summed E-state index contributed by atoms with van der Waals surface area (Å²) in [5.41, 5.74) is 6.73. The van der Waals surface area contributed by atoms with Gasteiger partial charge in [-0.1, -0.05) is 61.5 Å². The summed E-state index contributed by atoms with van der Waals surface area (Å²) in [7, 11) is 0. The maximum Gasteiger partial charge on any atom is 0.336 e. The number of allylic oxidation sites excluding steroid dienone is 1. The molecule has 0 radical (unpaired) electrons. The van der Waals surface area contributed by atoms with E-state index < -0.39 is 5.97 Å². The van der Waals surface area contributed by atoms with Crippen molar-refractivity contribution < 1.29 is 9.90 Å². The first-order valence-corrected chi connectivity index (χ1v) is 10.0. The molecule has 1 N–H and O–H groups in total. The molecule has 3 aromatic carbocycles. The number of aryl methyl sites for hydroxylation is 1. The van der Waals surface area contributed by atoms with E-state index in [1.54, 1.807) is 12.1 Å². The van der Waals surface area contributed by atoms with E-state index in [4.69, 9.17) is 0 Å². The van der Waals surface area contributed by atoms with Gasteiger partial charge in [0.2, 0.25) is 0 Å². The lowest BCUT2D eigenvalue weighted by molar-refractivity contribution is 0.0697. The van der Waals surface area contributed by atoms with Crippen molar-refractivity contribution >= 4 is 16.7 Å². The Morgan fingerprint density at radius 2 is 1.86 bits per heavy atom. The van der Waals surface area contributed by atoms with Crippen molar-refractivity contribution in [2.24, 2.45) is 5.41 Å². The number of aromatic carboxylic acids is 1. The van der Waals surface area contributed by atoms with Crippen molar-refractivity contribution in [3.05, 3.63) is 83.4 Å². The zero-order valence-electron chi connectivity index (χ0n) is 16.2. The first kappa shape index (κ1) is 17.2. The van der Waals surface area contributed by atoms with Gasteiger partial charge in [-0.15, -0.1) is 0 Å². The van der Waals surface area contributed by atoms with Gasteiger partial charge in [-0.3, -0.25) is 0 Å². The molecule has 2 aliphatic carbocycles. The zero-order valence-corrected chi connectivity index (χ0v) is 16.2. The van der Waals surface area contributed by atoms with Gasteiger partial charge in [0.05, 0.1) is 5.56 Å². The van der Waals surface area contributed by atoms with Crippen LogP contribution in [-0.2, 0) is 6.42 Å². The van der Waals surface area contributed by atoms with Crippen molar-refractivity contribution in [1.82, 2.24) is 0 Å². The summed E-state index contributed by atoms with van der Waals surface area (Å²) in [6.45, 7) is 6.81. The molecule has 0 aromatic heterocycles. The minimum Gasteiger partial charge on any atom is -0.478 e. The molecule has 2 atom stereocenters. The minimum atomic E-state index is -0.889. The topological polar surface area (TPSA) is 37.3 Å². The van der Waals surface area contributed by atoms with Crippen molar-refractivity contribution in [3.8, 4) is 11.1 Å². The zero-order chi connectivity index (χ0) is 19.5. The smallest absolute Gasteiger partial charge is 0.336 e. The van der Waals surface area contributed by atoms with E-state index >= 15 is 0 Å². The van der Waals surface area contributed by atoms with Crippen LogP contribution in [0.15, 0.2) is 66.7 Å². The molecule has 5 rings (SSSR count). The summed E-state index contributed by atoms with van der Waals surface area (Å²) in [6, 6.07) is 18.1. The minimum absolute atomic E-state index is 0.345. The van der Waals surface area contributed by atoms with E-state index in [0.717, 1.165) is 24.0 Å². The quantitative estimate of drug-likeness (QED) is 0.518. The number of hydrogen-bond donors (Lipinski definition) is 1. The fraction of sp³-hybridized carbons (Fsp3) is 0.269. The van der Waals surface area contributed by atoms with Gasteiger partial charge in [-0.05, 0) is 76.3 Å². The highest BCUT2D eigenvalue weighted by atomic mass is 16.4. The van der Waals surface area contributed by atoms with E-state index in [2.05, 4.69) is 43.8 Å². The normalized spacial score (nSPS) is 23.5. The highest BCUT2D eigenvalue weighted by Gasteiger charge is 2.45. The maximum atomic E-state index is 11.6. The second-order valence-corrected chi connectivity index (χ2v) is 8.67. The van der Waals surface area contributed by atoms with E-state index in [1.165, 1.54) is 40.3 Å². The molecule has 2 nitrogen and oxygen atoms in total. The summed E-state index contributed by atoms with van der Waals surface area (Å²) < 4.78 is 0. The molecular weight excluding hydrogens is 344 g/mol. The second-order valence-electron chi connectivity index (χ2n) is 8.67. The average molecular weight is 368 g/mol. The largest absolute Gasteiger partial charge is 0.478 e. The Morgan fingerprint density at radius 3 is 2.68 bits per heavy atom. The van der Waals surface area contributed by atoms with Crippen LogP contribution in [0, 0.1) is 5.41 Å². The van der Waals surface area contributed by atoms with Gasteiger partial charge >= 0.3 is 5.97 Å². The van der Waals surface area contributed by atoms with Crippen LogP contribution >= 0.6 is 0 Å². The summed E-state index contributed by atoms with van der Waals surface area (Å²) >= 11 is 0. The van der Waals surface area contributed by atoms with Crippen molar-refractivity contribution in [1.29, 1.82) is 0 Å². The second kappa shape index (κ2) is 6.07. The molecule has 1 saturated carbocycles. The molecule has 2 heteroatoms. The number of fused-ring (bicyclic) bond motifs is 5. The van der Waals surface area contributed by atoms with E-state index in [-0.39, 0.29) is 0 Å². The van der Waals surface area contributed by atoms with Gasteiger partial charge in [-0.2, -0.15) is 0 Å². The molecule has 0 aliphatic heterocycles. The SMILES string of the molecule is C=C1CC[C@@]2(C)CCc3c(ccc4cc(-c5ccccc5C(=O)O)ccc34)[C@H]12. The Morgan fingerprint density at radius 1 is 1.07 bits per heavy atom. The third-order valence-corrected chi connectivity index (χ3v) is 7.02. The number of carboxylic acid groups (broad SMARTS) is 1. The Hall–Kier alpha value is -2.87. The standard InChI is InChI=1S/C26H24O2/c1-16-11-13-26(2)14-12-21-20-9-7-17(15-18(20)8-10-22(21)24(16)26)19-5-3-4-6-23(19)25(27)28/h3-10,15,24H,1,11-14H2,2H3,(H,27,28)/t24-,26-/m0/s1. The lowest BCUT2D eigenvalue weighted by Gasteiger charge is -2.38. The third kappa shape index (κ3) is 2.44. The first-order valence-electron chi connectivity index (χ1n) is 10.0. The molecule has 0 heterocycles. The predicted octanol–water partition coefficient (Wildman–Crippen LogP) is 6.59. The molecule has 0 saturated heterocycles. The lowest BCUT2D eigenvalue weighted by Crippen LogP contribution is -2.27. The van der Waals surface area contributed by atoms with Crippen molar-refractivity contribution in [2.45, 2.75) is 38.5 Å². The summed E-state index contributed by atoms with van der Waals surface area (Å²) in [4.78, 5) is 11.6. The van der Waals surface area contributed by atoms with E-state index in [9.17, 15) is 9.90 Å². The molecule has 1 fully saturated rings. The molecular formula is C26H24O2. The van der Waals surface area contributed by atoms with Crippen LogP contribution in [0.2, 0.25) is 0 Å². The number of rotatable bonds is 2. The molecule has 140 valence electrons. The van der Waals surface area contributed by atoms with Gasteiger partial charge in [0.25, 0.3) is 0 Å². The first-order chi connectivity index (χ1) is 13.5. The van der Waals surface area contributed by atoms with Crippen molar-refractivity contribution in [3.63, 3.8) is 0 Å². The van der Waals surface area contributed by atoms with Crippen LogP contribution in [0.25, 0.3) is 21.9 Å². The fourth-order valence-electron chi connectivity index (χ4n) is 5.55. The lowest BCUT2D eigenvalue weighted by atomic mass is 9.65. The van der Waals surface area contributed by atoms with Crippen molar-refractivity contribution in [2.75, 3.05) is 0 Å². The highest BCUT2D eigenvalue weighted by Crippen LogP contribution is 2.58. The average Bonchev–Trinajstić information content (AvgIpc) is 3.02. The monoisotopic (exact) mass is 368 g/mol. The van der Waals surface area contributed by atoms with Gasteiger partial charge in [0, 0.05) is 5.92 Å².